The zero-order chi connectivity index (χ0) is 33.4. The number of amides is 1. The van der Waals surface area contributed by atoms with Gasteiger partial charge in [0.1, 0.15) is 12.4 Å². The monoisotopic (exact) mass is 656 g/mol. The van der Waals surface area contributed by atoms with E-state index in [9.17, 15) is 9.00 Å². The summed E-state index contributed by atoms with van der Waals surface area (Å²) in [6.07, 6.45) is 11.2. The first-order valence-corrected chi connectivity index (χ1v) is 17.9. The van der Waals surface area contributed by atoms with Crippen LogP contribution in [-0.2, 0) is 32.6 Å². The largest absolute Gasteiger partial charge is 0.491 e. The second-order valence-corrected chi connectivity index (χ2v) is 12.9. The molecule has 0 aliphatic rings. The van der Waals surface area contributed by atoms with E-state index in [4.69, 9.17) is 9.47 Å². The molecule has 3 aromatic carbocycles. The lowest BCUT2D eigenvalue weighted by atomic mass is 10.0. The Morgan fingerprint density at radius 1 is 0.936 bits per heavy atom. The zero-order valence-corrected chi connectivity index (χ0v) is 28.9. The smallest absolute Gasteiger partial charge is 0.248 e. The molecule has 1 heterocycles. The van der Waals surface area contributed by atoms with Crippen molar-refractivity contribution in [3.05, 3.63) is 96.6 Å². The van der Waals surface area contributed by atoms with Gasteiger partial charge in [-0.1, -0.05) is 45.4 Å². The number of anilines is 2. The van der Waals surface area contributed by atoms with Gasteiger partial charge < -0.3 is 24.3 Å². The fraction of sp³-hybridized carbons (Fsp3) is 0.368. The summed E-state index contributed by atoms with van der Waals surface area (Å²) in [4.78, 5) is 20.1. The number of rotatable bonds is 19. The normalized spacial score (nSPS) is 11.9. The lowest BCUT2D eigenvalue weighted by molar-refractivity contribution is -0.111. The van der Waals surface area contributed by atoms with E-state index in [0.29, 0.717) is 29.5 Å². The number of aromatic nitrogens is 2. The van der Waals surface area contributed by atoms with E-state index in [0.717, 1.165) is 79.2 Å². The maximum absolute atomic E-state index is 13.0. The van der Waals surface area contributed by atoms with Crippen LogP contribution >= 0.6 is 0 Å². The van der Waals surface area contributed by atoms with E-state index >= 15 is 0 Å². The van der Waals surface area contributed by atoms with Gasteiger partial charge in [-0.3, -0.25) is 9.00 Å². The number of ether oxygens (including phenoxy) is 2. The van der Waals surface area contributed by atoms with Crippen molar-refractivity contribution in [2.75, 3.05) is 43.6 Å². The Balaban J connectivity index is 1.40. The first-order chi connectivity index (χ1) is 22.9. The predicted molar refractivity (Wildman–Crippen MR) is 193 cm³/mol. The number of hydrogen-bond donors (Lipinski definition) is 1. The molecule has 0 aliphatic carbocycles. The van der Waals surface area contributed by atoms with Crippen LogP contribution in [0.5, 0.6) is 5.75 Å². The topological polar surface area (TPSA) is 85.7 Å². The van der Waals surface area contributed by atoms with E-state index in [1.165, 1.54) is 0 Å². The third-order valence-corrected chi connectivity index (χ3v) is 9.02. The molecule has 0 fully saturated rings. The average Bonchev–Trinajstić information content (AvgIpc) is 3.52. The number of nitrogens with one attached hydrogen (secondary N) is 1. The van der Waals surface area contributed by atoms with E-state index < -0.39 is 10.8 Å². The van der Waals surface area contributed by atoms with Crippen LogP contribution in [0, 0.1) is 0 Å². The van der Waals surface area contributed by atoms with Crippen LogP contribution in [0.3, 0.4) is 0 Å². The molecule has 1 unspecified atom stereocenters. The Hall–Kier alpha value is -4.21. The summed E-state index contributed by atoms with van der Waals surface area (Å²) in [7, 11) is 0.854. The SMILES string of the molecule is CCCCOCCOc1ccc(-c2ccc(N(C)CCC)c(/C=C/C(=O)Nc3ccc(S(=O)Cc4cncn4CCC)cc3)c2)cc1. The molecule has 9 heteroatoms. The number of hydrogen-bond acceptors (Lipinski definition) is 6. The molecule has 47 heavy (non-hydrogen) atoms. The highest BCUT2D eigenvalue weighted by Crippen LogP contribution is 2.30. The molecule has 4 aromatic rings. The van der Waals surface area contributed by atoms with Gasteiger partial charge in [-0.2, -0.15) is 0 Å². The Bertz CT molecular complexity index is 1600. The van der Waals surface area contributed by atoms with Crippen molar-refractivity contribution < 1.29 is 18.5 Å². The highest BCUT2D eigenvalue weighted by molar-refractivity contribution is 7.84. The van der Waals surface area contributed by atoms with Crippen LogP contribution in [0.25, 0.3) is 17.2 Å². The number of unbranched alkanes of at least 4 members (excludes halogenated alkanes) is 1. The average molecular weight is 657 g/mol. The molecular formula is C38H48N4O4S. The third-order valence-electron chi connectivity index (χ3n) is 7.67. The van der Waals surface area contributed by atoms with Crippen molar-refractivity contribution in [1.29, 1.82) is 0 Å². The van der Waals surface area contributed by atoms with Gasteiger partial charge in [0, 0.05) is 55.3 Å². The van der Waals surface area contributed by atoms with Crippen LogP contribution < -0.4 is 15.0 Å². The van der Waals surface area contributed by atoms with Crippen LogP contribution in [0.4, 0.5) is 11.4 Å². The lowest BCUT2D eigenvalue weighted by Crippen LogP contribution is -2.18. The number of aryl methyl sites for hydroxylation is 1. The maximum atomic E-state index is 13.0. The second-order valence-electron chi connectivity index (χ2n) is 11.4. The van der Waals surface area contributed by atoms with Crippen LogP contribution in [0.1, 0.15) is 57.7 Å². The molecule has 1 amide bonds. The van der Waals surface area contributed by atoms with Crippen molar-refractivity contribution in [2.45, 2.75) is 63.6 Å². The Morgan fingerprint density at radius 2 is 1.70 bits per heavy atom. The minimum absolute atomic E-state index is 0.239. The molecular weight excluding hydrogens is 609 g/mol. The number of carbonyl (C=O) groups is 1. The van der Waals surface area contributed by atoms with Gasteiger partial charge in [0.25, 0.3) is 0 Å². The summed E-state index contributed by atoms with van der Waals surface area (Å²) >= 11 is 0. The van der Waals surface area contributed by atoms with E-state index in [1.54, 1.807) is 42.9 Å². The summed E-state index contributed by atoms with van der Waals surface area (Å²) < 4.78 is 26.4. The molecule has 0 bridgehead atoms. The van der Waals surface area contributed by atoms with Gasteiger partial charge in [0.2, 0.25) is 5.91 Å². The molecule has 0 radical (unpaired) electrons. The molecule has 1 atom stereocenters. The molecule has 0 aliphatic heterocycles. The lowest BCUT2D eigenvalue weighted by Gasteiger charge is -2.21. The van der Waals surface area contributed by atoms with E-state index in [-0.39, 0.29) is 5.91 Å². The fourth-order valence-corrected chi connectivity index (χ4v) is 6.26. The van der Waals surface area contributed by atoms with Crippen LogP contribution in [0.15, 0.2) is 90.2 Å². The van der Waals surface area contributed by atoms with Crippen molar-refractivity contribution in [1.82, 2.24) is 9.55 Å². The maximum Gasteiger partial charge on any atom is 0.248 e. The standard InChI is InChI=1S/C38H48N4O4S/c1-5-8-23-45-24-25-46-35-15-9-30(10-16-35)31-11-19-37(41(4)21-6-2)32(26-31)12-20-38(43)40-33-13-17-36(18-14-33)47(44)28-34-27-39-29-42(34)22-7-3/h9-20,26-27,29H,5-8,21-25,28H2,1-4H3,(H,40,43)/b20-12+. The summed E-state index contributed by atoms with van der Waals surface area (Å²) in [5.41, 5.74) is 5.71. The first-order valence-electron chi connectivity index (χ1n) is 16.5. The third kappa shape index (κ3) is 10.9. The van der Waals surface area contributed by atoms with Crippen molar-refractivity contribution in [2.24, 2.45) is 0 Å². The quantitative estimate of drug-likeness (QED) is 0.0814. The van der Waals surface area contributed by atoms with Crippen molar-refractivity contribution in [3.8, 4) is 16.9 Å². The number of carbonyl (C=O) groups excluding carboxylic acids is 1. The Morgan fingerprint density at radius 3 is 2.43 bits per heavy atom. The van der Waals surface area contributed by atoms with Gasteiger partial charge >= 0.3 is 0 Å². The number of nitrogens with zero attached hydrogens (tertiary/aromatic N) is 3. The molecule has 0 saturated carbocycles. The van der Waals surface area contributed by atoms with Crippen LogP contribution in [-0.4, -0.2) is 53.1 Å². The molecule has 4 rings (SSSR count). The van der Waals surface area contributed by atoms with Gasteiger partial charge in [0.15, 0.2) is 0 Å². The minimum atomic E-state index is -1.21. The second kappa shape index (κ2) is 18.8. The fourth-order valence-electron chi connectivity index (χ4n) is 5.15. The molecule has 250 valence electrons. The summed E-state index contributed by atoms with van der Waals surface area (Å²) in [5.74, 6) is 0.967. The first kappa shape index (κ1) is 35.6. The Labute approximate surface area is 282 Å². The van der Waals surface area contributed by atoms with Gasteiger partial charge in [-0.15, -0.1) is 0 Å². The molecule has 0 saturated heterocycles. The molecule has 8 nitrogen and oxygen atoms in total. The van der Waals surface area contributed by atoms with E-state index in [1.807, 2.05) is 22.8 Å². The number of imidazole rings is 1. The predicted octanol–water partition coefficient (Wildman–Crippen LogP) is 7.96. The minimum Gasteiger partial charge on any atom is -0.491 e. The van der Waals surface area contributed by atoms with Crippen molar-refractivity contribution in [3.63, 3.8) is 0 Å². The van der Waals surface area contributed by atoms with E-state index in [2.05, 4.69) is 73.4 Å². The van der Waals surface area contributed by atoms with Crippen molar-refractivity contribution >= 4 is 34.2 Å². The Kier molecular flexibility index (Phi) is 14.3. The summed E-state index contributed by atoms with van der Waals surface area (Å²) in [5, 5.41) is 2.93. The van der Waals surface area contributed by atoms with Gasteiger partial charge in [-0.05, 0) is 90.6 Å². The molecule has 0 spiro atoms. The summed E-state index contributed by atoms with van der Waals surface area (Å²) in [6.45, 7) is 10.0. The highest BCUT2D eigenvalue weighted by atomic mass is 32.2. The zero-order valence-electron chi connectivity index (χ0n) is 28.1. The molecule has 1 aromatic heterocycles. The summed E-state index contributed by atoms with van der Waals surface area (Å²) in [6, 6.07) is 21.6. The van der Waals surface area contributed by atoms with Gasteiger partial charge in [-0.25, -0.2) is 4.98 Å². The highest BCUT2D eigenvalue weighted by Gasteiger charge is 2.11. The molecule has 1 N–H and O–H groups in total. The van der Waals surface area contributed by atoms with Crippen LogP contribution in [0.2, 0.25) is 0 Å². The number of benzene rings is 3. The van der Waals surface area contributed by atoms with Gasteiger partial charge in [0.05, 0.1) is 35.2 Å².